The molecule has 1 aliphatic heterocycles. The Morgan fingerprint density at radius 2 is 2.20 bits per heavy atom. The fraction of sp³-hybridized carbons (Fsp3) is 0.278. The normalized spacial score (nSPS) is 12.9. The average molecular weight is 362 g/mol. The van der Waals surface area contributed by atoms with E-state index in [1.54, 1.807) is 11.8 Å². The van der Waals surface area contributed by atoms with Crippen LogP contribution in [-0.2, 0) is 17.8 Å². The Morgan fingerprint density at radius 1 is 1.32 bits per heavy atom. The molecule has 0 unspecified atom stereocenters. The van der Waals surface area contributed by atoms with Crippen molar-refractivity contribution < 1.29 is 18.7 Å². The third-order valence-corrected chi connectivity index (χ3v) is 4.48. The molecule has 2 aromatic rings. The molecule has 0 saturated carbocycles. The summed E-state index contributed by atoms with van der Waals surface area (Å²) in [6.07, 6.45) is 2.45. The number of carbonyl (C=O) groups excluding carboxylic acids is 1. The van der Waals surface area contributed by atoms with Gasteiger partial charge in [-0.05, 0) is 48.6 Å². The minimum Gasteiger partial charge on any atom is -0.467 e. The monoisotopic (exact) mass is 362 g/mol. The second-order valence-corrected chi connectivity index (χ2v) is 6.41. The molecule has 1 heterocycles. The highest BCUT2D eigenvalue weighted by atomic mass is 32.2. The molecule has 7 heteroatoms. The molecule has 25 heavy (non-hydrogen) atoms. The van der Waals surface area contributed by atoms with Gasteiger partial charge in [-0.25, -0.2) is 9.18 Å². The van der Waals surface area contributed by atoms with Crippen molar-refractivity contribution in [3.05, 3.63) is 53.3 Å². The fourth-order valence-electron chi connectivity index (χ4n) is 2.63. The largest absolute Gasteiger partial charge is 0.467 e. The van der Waals surface area contributed by atoms with E-state index in [9.17, 15) is 9.18 Å². The molecule has 1 aliphatic rings. The van der Waals surface area contributed by atoms with E-state index >= 15 is 0 Å². The van der Waals surface area contributed by atoms with E-state index in [4.69, 9.17) is 9.47 Å². The molecule has 0 bridgehead atoms. The maximum Gasteiger partial charge on any atom is 0.319 e. The van der Waals surface area contributed by atoms with Gasteiger partial charge in [0, 0.05) is 22.7 Å². The number of hydrogen-bond acceptors (Lipinski definition) is 4. The summed E-state index contributed by atoms with van der Waals surface area (Å²) in [6, 6.07) is 10.2. The molecule has 0 fully saturated rings. The number of amides is 2. The Balaban J connectivity index is 1.56. The molecule has 0 aromatic heterocycles. The standard InChI is InChI=1S/C18H19FN2O3S/c1-25-16-4-2-3-15(9-16)21-18(22)20-6-5-12-7-14(19)8-13-10-23-11-24-17(12)13/h2-4,7-9H,5-6,10-11H2,1H3,(H2,20,21,22). The third kappa shape index (κ3) is 4.64. The lowest BCUT2D eigenvalue weighted by Gasteiger charge is -2.21. The smallest absolute Gasteiger partial charge is 0.319 e. The van der Waals surface area contributed by atoms with Gasteiger partial charge in [0.15, 0.2) is 6.79 Å². The van der Waals surface area contributed by atoms with Crippen LogP contribution in [0, 0.1) is 5.82 Å². The van der Waals surface area contributed by atoms with Crippen molar-refractivity contribution >= 4 is 23.5 Å². The number of benzene rings is 2. The average Bonchev–Trinajstić information content (AvgIpc) is 2.61. The zero-order valence-corrected chi connectivity index (χ0v) is 14.6. The van der Waals surface area contributed by atoms with Gasteiger partial charge < -0.3 is 20.1 Å². The van der Waals surface area contributed by atoms with Gasteiger partial charge in [0.25, 0.3) is 0 Å². The van der Waals surface area contributed by atoms with Gasteiger partial charge in [0.2, 0.25) is 0 Å². The first-order chi connectivity index (χ1) is 12.2. The number of halogens is 1. The van der Waals surface area contributed by atoms with Crippen LogP contribution in [-0.4, -0.2) is 25.6 Å². The highest BCUT2D eigenvalue weighted by Gasteiger charge is 2.16. The van der Waals surface area contributed by atoms with Crippen molar-refractivity contribution in [2.45, 2.75) is 17.9 Å². The zero-order chi connectivity index (χ0) is 17.6. The van der Waals surface area contributed by atoms with Crippen LogP contribution >= 0.6 is 11.8 Å². The lowest BCUT2D eigenvalue weighted by atomic mass is 10.1. The first-order valence-electron chi connectivity index (χ1n) is 7.86. The summed E-state index contributed by atoms with van der Waals surface area (Å²) < 4.78 is 24.3. The number of nitrogens with one attached hydrogen (secondary N) is 2. The molecule has 0 saturated heterocycles. The first kappa shape index (κ1) is 17.6. The van der Waals surface area contributed by atoms with Gasteiger partial charge in [-0.3, -0.25) is 0 Å². The van der Waals surface area contributed by atoms with Crippen molar-refractivity contribution in [3.8, 4) is 5.75 Å². The van der Waals surface area contributed by atoms with Crippen molar-refractivity contribution in [2.75, 3.05) is 24.9 Å². The van der Waals surface area contributed by atoms with Gasteiger partial charge >= 0.3 is 6.03 Å². The second kappa shape index (κ2) is 8.22. The summed E-state index contributed by atoms with van der Waals surface area (Å²) in [5, 5.41) is 5.57. The molecule has 2 aromatic carbocycles. The van der Waals surface area contributed by atoms with Gasteiger partial charge in [-0.1, -0.05) is 6.07 Å². The SMILES string of the molecule is CSc1cccc(NC(=O)NCCc2cc(F)cc3c2OCOC3)c1. The lowest BCUT2D eigenvalue weighted by Crippen LogP contribution is -2.30. The Kier molecular flexibility index (Phi) is 5.78. The molecule has 132 valence electrons. The van der Waals surface area contributed by atoms with Crippen molar-refractivity contribution in [1.29, 1.82) is 0 Å². The zero-order valence-electron chi connectivity index (χ0n) is 13.8. The predicted octanol–water partition coefficient (Wildman–Crippen LogP) is 3.78. The molecule has 0 radical (unpaired) electrons. The maximum absolute atomic E-state index is 13.7. The number of carbonyl (C=O) groups is 1. The van der Waals surface area contributed by atoms with E-state index in [2.05, 4.69) is 10.6 Å². The number of rotatable bonds is 5. The highest BCUT2D eigenvalue weighted by Crippen LogP contribution is 2.29. The topological polar surface area (TPSA) is 59.6 Å². The van der Waals surface area contributed by atoms with Crippen LogP contribution in [0.15, 0.2) is 41.3 Å². The molecule has 0 atom stereocenters. The minimum atomic E-state index is -0.332. The third-order valence-electron chi connectivity index (χ3n) is 3.76. The van der Waals surface area contributed by atoms with Crippen LogP contribution in [0.2, 0.25) is 0 Å². The lowest BCUT2D eigenvalue weighted by molar-refractivity contribution is -0.0172. The van der Waals surface area contributed by atoms with E-state index in [0.29, 0.717) is 30.9 Å². The molecular weight excluding hydrogens is 343 g/mol. The number of ether oxygens (including phenoxy) is 2. The molecule has 2 N–H and O–H groups in total. The quantitative estimate of drug-likeness (QED) is 0.795. The van der Waals surface area contributed by atoms with Crippen molar-refractivity contribution in [3.63, 3.8) is 0 Å². The maximum atomic E-state index is 13.7. The van der Waals surface area contributed by atoms with Gasteiger partial charge in [0.05, 0.1) is 6.61 Å². The molecule has 5 nitrogen and oxygen atoms in total. The Labute approximate surface area is 149 Å². The van der Waals surface area contributed by atoms with E-state index in [1.807, 2.05) is 30.5 Å². The van der Waals surface area contributed by atoms with Crippen LogP contribution in [0.5, 0.6) is 5.75 Å². The predicted molar refractivity (Wildman–Crippen MR) is 95.6 cm³/mol. The molecule has 0 spiro atoms. The summed E-state index contributed by atoms with van der Waals surface area (Å²) in [4.78, 5) is 13.1. The number of fused-ring (bicyclic) bond motifs is 1. The summed E-state index contributed by atoms with van der Waals surface area (Å²) in [5.74, 6) is 0.323. The van der Waals surface area contributed by atoms with E-state index in [-0.39, 0.29) is 18.6 Å². The van der Waals surface area contributed by atoms with Crippen LogP contribution < -0.4 is 15.4 Å². The van der Waals surface area contributed by atoms with Crippen LogP contribution in [0.25, 0.3) is 0 Å². The summed E-state index contributed by atoms with van der Waals surface area (Å²) >= 11 is 1.61. The fourth-order valence-corrected chi connectivity index (χ4v) is 3.09. The number of urea groups is 1. The molecule has 2 amide bonds. The van der Waals surface area contributed by atoms with Crippen LogP contribution in [0.4, 0.5) is 14.9 Å². The Morgan fingerprint density at radius 3 is 3.04 bits per heavy atom. The Bertz CT molecular complexity index is 770. The van der Waals surface area contributed by atoms with Crippen molar-refractivity contribution in [2.24, 2.45) is 0 Å². The van der Waals surface area contributed by atoms with E-state index in [0.717, 1.165) is 16.1 Å². The van der Waals surface area contributed by atoms with Crippen LogP contribution in [0.1, 0.15) is 11.1 Å². The van der Waals surface area contributed by atoms with Crippen molar-refractivity contribution in [1.82, 2.24) is 5.32 Å². The Hall–Kier alpha value is -2.25. The molecule has 0 aliphatic carbocycles. The number of thioether (sulfide) groups is 1. The summed E-state index contributed by atoms with van der Waals surface area (Å²) in [6.45, 7) is 0.860. The number of anilines is 1. The molecular formula is C18H19FN2O3S. The van der Waals surface area contributed by atoms with E-state index in [1.165, 1.54) is 12.1 Å². The highest BCUT2D eigenvalue weighted by molar-refractivity contribution is 7.98. The van der Waals surface area contributed by atoms with E-state index < -0.39 is 0 Å². The molecule has 3 rings (SSSR count). The second-order valence-electron chi connectivity index (χ2n) is 5.53. The van der Waals surface area contributed by atoms with Gasteiger partial charge in [-0.15, -0.1) is 11.8 Å². The minimum absolute atomic E-state index is 0.158. The number of hydrogen-bond donors (Lipinski definition) is 2. The van der Waals surface area contributed by atoms with Crippen LogP contribution in [0.3, 0.4) is 0 Å². The first-order valence-corrected chi connectivity index (χ1v) is 9.09. The summed E-state index contributed by atoms with van der Waals surface area (Å²) in [5.41, 5.74) is 2.15. The van der Waals surface area contributed by atoms with Gasteiger partial charge in [0.1, 0.15) is 11.6 Å². The summed E-state index contributed by atoms with van der Waals surface area (Å²) in [7, 11) is 0. The van der Waals surface area contributed by atoms with Gasteiger partial charge in [-0.2, -0.15) is 0 Å².